The van der Waals surface area contributed by atoms with Crippen molar-refractivity contribution in [1.29, 1.82) is 0 Å². The minimum atomic E-state index is -0.00711. The van der Waals surface area contributed by atoms with E-state index in [1.807, 2.05) is 43.9 Å². The van der Waals surface area contributed by atoms with Crippen LogP contribution in [0.4, 0.5) is 5.69 Å². The first kappa shape index (κ1) is 14.2. The molecule has 0 radical (unpaired) electrons. The summed E-state index contributed by atoms with van der Waals surface area (Å²) < 4.78 is 0.991. The molecule has 0 fully saturated rings. The smallest absolute Gasteiger partial charge is 0.266 e. The van der Waals surface area contributed by atoms with Crippen molar-refractivity contribution < 1.29 is 4.79 Å². The molecule has 0 spiro atoms. The zero-order chi connectivity index (χ0) is 14.2. The largest absolute Gasteiger partial charge is 0.397 e. The fourth-order valence-corrected chi connectivity index (χ4v) is 3.35. The Kier molecular flexibility index (Phi) is 4.02. The lowest BCUT2D eigenvalue weighted by molar-refractivity contribution is 0.0723. The summed E-state index contributed by atoms with van der Waals surface area (Å²) in [6, 6.07) is 5.69. The summed E-state index contributed by atoms with van der Waals surface area (Å²) in [5.74, 6) is -0.00711. The van der Waals surface area contributed by atoms with E-state index >= 15 is 0 Å². The second kappa shape index (κ2) is 5.39. The molecule has 2 aromatic rings. The standard InChI is InChI=1S/C14H17ClN2OS/c1-4-17(8(2)3)14(18)13-12(16)10-7-9(15)5-6-11(10)19-13/h5-8H,4,16H2,1-3H3. The fraction of sp³-hybridized carbons (Fsp3) is 0.357. The predicted molar refractivity (Wildman–Crippen MR) is 83.1 cm³/mol. The van der Waals surface area contributed by atoms with Crippen molar-refractivity contribution in [3.05, 3.63) is 28.1 Å². The normalized spacial score (nSPS) is 11.2. The van der Waals surface area contributed by atoms with E-state index in [2.05, 4.69) is 0 Å². The Morgan fingerprint density at radius 1 is 1.47 bits per heavy atom. The highest BCUT2D eigenvalue weighted by Gasteiger charge is 2.22. The molecule has 1 aromatic carbocycles. The molecule has 102 valence electrons. The second-order valence-corrected chi connectivity index (χ2v) is 6.16. The van der Waals surface area contributed by atoms with Crippen LogP contribution in [0.2, 0.25) is 5.02 Å². The Morgan fingerprint density at radius 3 is 2.74 bits per heavy atom. The van der Waals surface area contributed by atoms with Crippen molar-refractivity contribution in [3.8, 4) is 0 Å². The molecule has 0 unspecified atom stereocenters. The van der Waals surface area contributed by atoms with Gasteiger partial charge in [-0.15, -0.1) is 11.3 Å². The van der Waals surface area contributed by atoms with Crippen LogP contribution in [0.3, 0.4) is 0 Å². The molecule has 0 atom stereocenters. The fourth-order valence-electron chi connectivity index (χ4n) is 2.12. The molecule has 3 nitrogen and oxygen atoms in total. The molecule has 0 aliphatic heterocycles. The third kappa shape index (κ3) is 2.55. The second-order valence-electron chi connectivity index (χ2n) is 4.67. The lowest BCUT2D eigenvalue weighted by Gasteiger charge is -2.24. The monoisotopic (exact) mass is 296 g/mol. The molecular weight excluding hydrogens is 280 g/mol. The molecule has 1 heterocycles. The maximum Gasteiger partial charge on any atom is 0.266 e. The van der Waals surface area contributed by atoms with E-state index in [1.165, 1.54) is 11.3 Å². The van der Waals surface area contributed by atoms with Gasteiger partial charge < -0.3 is 10.6 Å². The molecule has 0 saturated carbocycles. The van der Waals surface area contributed by atoms with E-state index in [4.69, 9.17) is 17.3 Å². The Labute approximate surface area is 122 Å². The van der Waals surface area contributed by atoms with Gasteiger partial charge in [-0.1, -0.05) is 11.6 Å². The van der Waals surface area contributed by atoms with Gasteiger partial charge in [-0.3, -0.25) is 4.79 Å². The summed E-state index contributed by atoms with van der Waals surface area (Å²) in [6.45, 7) is 6.65. The van der Waals surface area contributed by atoms with Gasteiger partial charge in [0, 0.05) is 27.7 Å². The van der Waals surface area contributed by atoms with Gasteiger partial charge in [0.25, 0.3) is 5.91 Å². The Morgan fingerprint density at radius 2 is 2.16 bits per heavy atom. The number of rotatable bonds is 3. The van der Waals surface area contributed by atoms with Crippen molar-refractivity contribution >= 4 is 44.6 Å². The van der Waals surface area contributed by atoms with Gasteiger partial charge in [0.2, 0.25) is 0 Å². The number of carbonyl (C=O) groups excluding carboxylic acids is 1. The first-order valence-corrected chi connectivity index (χ1v) is 7.43. The van der Waals surface area contributed by atoms with Gasteiger partial charge in [0.05, 0.1) is 5.69 Å². The zero-order valence-electron chi connectivity index (χ0n) is 11.2. The third-order valence-corrected chi connectivity index (χ3v) is 4.52. The summed E-state index contributed by atoms with van der Waals surface area (Å²) in [4.78, 5) is 14.9. The van der Waals surface area contributed by atoms with E-state index < -0.39 is 0 Å². The van der Waals surface area contributed by atoms with Crippen molar-refractivity contribution in [3.63, 3.8) is 0 Å². The Hall–Kier alpha value is -1.26. The summed E-state index contributed by atoms with van der Waals surface area (Å²) >= 11 is 7.40. The topological polar surface area (TPSA) is 46.3 Å². The third-order valence-electron chi connectivity index (χ3n) is 3.11. The van der Waals surface area contributed by atoms with Crippen LogP contribution in [0.15, 0.2) is 18.2 Å². The average Bonchev–Trinajstić information content (AvgIpc) is 2.67. The van der Waals surface area contributed by atoms with Crippen LogP contribution in [-0.4, -0.2) is 23.4 Å². The number of nitrogens with two attached hydrogens (primary N) is 1. The first-order chi connectivity index (χ1) is 8.95. The van der Waals surface area contributed by atoms with E-state index in [-0.39, 0.29) is 11.9 Å². The van der Waals surface area contributed by atoms with E-state index in [9.17, 15) is 4.79 Å². The van der Waals surface area contributed by atoms with Crippen molar-refractivity contribution in [2.24, 2.45) is 0 Å². The number of carbonyl (C=O) groups is 1. The summed E-state index contributed by atoms with van der Waals surface area (Å²) in [5.41, 5.74) is 6.64. The lowest BCUT2D eigenvalue weighted by Crippen LogP contribution is -2.36. The zero-order valence-corrected chi connectivity index (χ0v) is 12.8. The number of anilines is 1. The number of halogens is 1. The highest BCUT2D eigenvalue weighted by Crippen LogP contribution is 2.36. The van der Waals surface area contributed by atoms with Gasteiger partial charge in [0.1, 0.15) is 4.88 Å². The highest BCUT2D eigenvalue weighted by molar-refractivity contribution is 7.21. The van der Waals surface area contributed by atoms with Gasteiger partial charge in [-0.05, 0) is 39.0 Å². The number of benzene rings is 1. The Bertz CT molecular complexity index is 621. The minimum Gasteiger partial charge on any atom is -0.397 e. The highest BCUT2D eigenvalue weighted by atomic mass is 35.5. The molecule has 2 rings (SSSR count). The van der Waals surface area contributed by atoms with E-state index in [0.29, 0.717) is 22.1 Å². The van der Waals surface area contributed by atoms with Crippen LogP contribution in [-0.2, 0) is 0 Å². The lowest BCUT2D eigenvalue weighted by atomic mass is 10.2. The number of thiophene rings is 1. The summed E-state index contributed by atoms with van der Waals surface area (Å²) in [7, 11) is 0. The quantitative estimate of drug-likeness (QED) is 0.930. The van der Waals surface area contributed by atoms with Crippen molar-refractivity contribution in [1.82, 2.24) is 4.90 Å². The van der Waals surface area contributed by atoms with Gasteiger partial charge >= 0.3 is 0 Å². The molecule has 5 heteroatoms. The van der Waals surface area contributed by atoms with E-state index in [0.717, 1.165) is 10.1 Å². The van der Waals surface area contributed by atoms with Crippen LogP contribution in [0, 0.1) is 0 Å². The molecule has 1 aromatic heterocycles. The molecule has 2 N–H and O–H groups in total. The molecule has 0 aliphatic carbocycles. The number of nitrogens with zero attached hydrogens (tertiary/aromatic N) is 1. The van der Waals surface area contributed by atoms with Crippen LogP contribution >= 0.6 is 22.9 Å². The maximum atomic E-state index is 12.5. The number of amides is 1. The first-order valence-electron chi connectivity index (χ1n) is 6.24. The van der Waals surface area contributed by atoms with Crippen LogP contribution in [0.1, 0.15) is 30.4 Å². The molecule has 0 saturated heterocycles. The van der Waals surface area contributed by atoms with Crippen molar-refractivity contribution in [2.45, 2.75) is 26.8 Å². The SMILES string of the molecule is CCN(C(=O)c1sc2ccc(Cl)cc2c1N)C(C)C. The molecule has 0 aliphatic rings. The molecule has 0 bridgehead atoms. The number of hydrogen-bond donors (Lipinski definition) is 1. The number of fused-ring (bicyclic) bond motifs is 1. The number of nitrogen functional groups attached to an aromatic ring is 1. The van der Waals surface area contributed by atoms with Gasteiger partial charge in [-0.25, -0.2) is 0 Å². The molecule has 19 heavy (non-hydrogen) atoms. The van der Waals surface area contributed by atoms with Gasteiger partial charge in [0.15, 0.2) is 0 Å². The van der Waals surface area contributed by atoms with Crippen LogP contribution in [0.25, 0.3) is 10.1 Å². The minimum absolute atomic E-state index is 0.00711. The predicted octanol–water partition coefficient (Wildman–Crippen LogP) is 4.01. The molecular formula is C14H17ClN2OS. The summed E-state index contributed by atoms with van der Waals surface area (Å²) in [5, 5.41) is 1.49. The van der Waals surface area contributed by atoms with Crippen LogP contribution in [0.5, 0.6) is 0 Å². The van der Waals surface area contributed by atoms with Gasteiger partial charge in [-0.2, -0.15) is 0 Å². The molecule has 1 amide bonds. The van der Waals surface area contributed by atoms with E-state index in [1.54, 1.807) is 0 Å². The van der Waals surface area contributed by atoms with Crippen molar-refractivity contribution in [2.75, 3.05) is 12.3 Å². The summed E-state index contributed by atoms with van der Waals surface area (Å²) in [6.07, 6.45) is 0. The maximum absolute atomic E-state index is 12.5. The van der Waals surface area contributed by atoms with Crippen LogP contribution < -0.4 is 5.73 Å². The average molecular weight is 297 g/mol. The Balaban J connectivity index is 2.51. The number of hydrogen-bond acceptors (Lipinski definition) is 3.